The van der Waals surface area contributed by atoms with Gasteiger partial charge in [-0.15, -0.1) is 0 Å². The van der Waals surface area contributed by atoms with E-state index < -0.39 is 5.41 Å². The van der Waals surface area contributed by atoms with Crippen LogP contribution < -0.4 is 5.32 Å². The van der Waals surface area contributed by atoms with Crippen LogP contribution in [0.3, 0.4) is 0 Å². The monoisotopic (exact) mass is 435 g/mol. The van der Waals surface area contributed by atoms with Crippen molar-refractivity contribution in [2.75, 3.05) is 18.4 Å². The van der Waals surface area contributed by atoms with Crippen LogP contribution >= 0.6 is 0 Å². The zero-order chi connectivity index (χ0) is 23.6. The molecule has 0 unspecified atom stereocenters. The van der Waals surface area contributed by atoms with Gasteiger partial charge in [-0.2, -0.15) is 0 Å². The highest BCUT2D eigenvalue weighted by atomic mass is 16.2. The van der Waals surface area contributed by atoms with E-state index in [4.69, 9.17) is 0 Å². The molecular formula is C26H33N3O3. The fraction of sp³-hybridized carbons (Fsp3) is 0.423. The highest BCUT2D eigenvalue weighted by molar-refractivity contribution is 6.05. The van der Waals surface area contributed by atoms with E-state index in [1.807, 2.05) is 75.6 Å². The summed E-state index contributed by atoms with van der Waals surface area (Å²) in [6.07, 6.45) is 0. The summed E-state index contributed by atoms with van der Waals surface area (Å²) >= 11 is 0. The molecule has 1 saturated heterocycles. The molecule has 2 aromatic rings. The highest BCUT2D eigenvalue weighted by Crippen LogP contribution is 2.26. The van der Waals surface area contributed by atoms with Crippen LogP contribution in [0.15, 0.2) is 48.5 Å². The second kappa shape index (κ2) is 9.15. The molecule has 6 heteroatoms. The van der Waals surface area contributed by atoms with Crippen LogP contribution in [-0.4, -0.2) is 52.7 Å². The number of carbonyl (C=O) groups is 3. The Morgan fingerprint density at radius 1 is 0.906 bits per heavy atom. The smallest absolute Gasteiger partial charge is 0.255 e. The third-order valence-electron chi connectivity index (χ3n) is 5.85. The van der Waals surface area contributed by atoms with Gasteiger partial charge in [-0.25, -0.2) is 0 Å². The van der Waals surface area contributed by atoms with Crippen molar-refractivity contribution >= 4 is 23.4 Å². The number of carbonyl (C=O) groups excluding carboxylic acids is 3. The summed E-state index contributed by atoms with van der Waals surface area (Å²) in [7, 11) is 0. The number of rotatable bonds is 3. The molecule has 0 aromatic heterocycles. The lowest BCUT2D eigenvalue weighted by Crippen LogP contribution is -2.61. The summed E-state index contributed by atoms with van der Waals surface area (Å²) in [4.78, 5) is 42.5. The number of nitrogens with one attached hydrogen (secondary N) is 1. The van der Waals surface area contributed by atoms with Crippen LogP contribution in [-0.2, 0) is 4.79 Å². The number of hydrogen-bond acceptors (Lipinski definition) is 3. The Balaban J connectivity index is 1.78. The molecule has 3 rings (SSSR count). The Bertz CT molecular complexity index is 999. The minimum absolute atomic E-state index is 0.0944. The van der Waals surface area contributed by atoms with E-state index in [-0.39, 0.29) is 29.8 Å². The molecule has 6 nitrogen and oxygen atoms in total. The second-order valence-corrected chi connectivity index (χ2v) is 9.72. The number of benzene rings is 2. The van der Waals surface area contributed by atoms with Crippen LogP contribution in [0.4, 0.5) is 5.69 Å². The summed E-state index contributed by atoms with van der Waals surface area (Å²) in [6, 6.07) is 14.2. The lowest BCUT2D eigenvalue weighted by Gasteiger charge is -2.46. The van der Waals surface area contributed by atoms with Gasteiger partial charge in [0, 0.05) is 47.4 Å². The Kier molecular flexibility index (Phi) is 6.72. The maximum Gasteiger partial charge on any atom is 0.255 e. The molecule has 3 amide bonds. The molecule has 1 fully saturated rings. The molecule has 1 aliphatic rings. The average Bonchev–Trinajstić information content (AvgIpc) is 2.74. The topological polar surface area (TPSA) is 69.7 Å². The Labute approximate surface area is 190 Å². The van der Waals surface area contributed by atoms with E-state index in [9.17, 15) is 14.4 Å². The number of amides is 3. The molecule has 2 atom stereocenters. The molecule has 1 heterocycles. The van der Waals surface area contributed by atoms with Gasteiger partial charge in [0.05, 0.1) is 0 Å². The van der Waals surface area contributed by atoms with Crippen LogP contribution in [0.5, 0.6) is 0 Å². The fourth-order valence-electron chi connectivity index (χ4n) is 4.19. The van der Waals surface area contributed by atoms with Crippen molar-refractivity contribution in [3.05, 3.63) is 65.2 Å². The second-order valence-electron chi connectivity index (χ2n) is 9.72. The molecule has 32 heavy (non-hydrogen) atoms. The summed E-state index contributed by atoms with van der Waals surface area (Å²) < 4.78 is 0. The van der Waals surface area contributed by atoms with Crippen molar-refractivity contribution in [2.45, 2.75) is 53.6 Å². The van der Waals surface area contributed by atoms with E-state index >= 15 is 0 Å². The predicted molar refractivity (Wildman–Crippen MR) is 127 cm³/mol. The maximum atomic E-state index is 13.4. The summed E-state index contributed by atoms with van der Waals surface area (Å²) in [5, 5.41) is 2.92. The molecule has 170 valence electrons. The Hall–Kier alpha value is -3.15. The molecule has 0 bridgehead atoms. The highest BCUT2D eigenvalue weighted by Gasteiger charge is 2.38. The van der Waals surface area contributed by atoms with Gasteiger partial charge in [-0.05, 0) is 50.6 Å². The minimum atomic E-state index is -0.450. The number of nitrogens with zero attached hydrogens (tertiary/aromatic N) is 2. The van der Waals surface area contributed by atoms with Crippen molar-refractivity contribution in [3.63, 3.8) is 0 Å². The lowest BCUT2D eigenvalue weighted by molar-refractivity contribution is -0.143. The lowest BCUT2D eigenvalue weighted by atomic mass is 9.93. The molecule has 0 aliphatic carbocycles. The number of piperazine rings is 1. The third kappa shape index (κ3) is 5.01. The van der Waals surface area contributed by atoms with Gasteiger partial charge in [0.25, 0.3) is 11.8 Å². The van der Waals surface area contributed by atoms with E-state index in [0.29, 0.717) is 29.9 Å². The first kappa shape index (κ1) is 23.5. The summed E-state index contributed by atoms with van der Waals surface area (Å²) in [6.45, 7) is 12.6. The van der Waals surface area contributed by atoms with Crippen molar-refractivity contribution in [1.29, 1.82) is 0 Å². The van der Waals surface area contributed by atoms with Gasteiger partial charge < -0.3 is 15.1 Å². The van der Waals surface area contributed by atoms with Gasteiger partial charge >= 0.3 is 0 Å². The fourth-order valence-corrected chi connectivity index (χ4v) is 4.19. The van der Waals surface area contributed by atoms with Crippen LogP contribution in [0.1, 0.15) is 60.9 Å². The molecule has 0 saturated carbocycles. The largest absolute Gasteiger partial charge is 0.338 e. The Morgan fingerprint density at radius 2 is 1.50 bits per heavy atom. The van der Waals surface area contributed by atoms with Crippen LogP contribution in [0, 0.1) is 12.3 Å². The van der Waals surface area contributed by atoms with E-state index in [1.54, 1.807) is 24.3 Å². The molecule has 0 radical (unpaired) electrons. The van der Waals surface area contributed by atoms with E-state index in [1.165, 1.54) is 0 Å². The SMILES string of the molecule is Cc1ccc(C(=O)N2[C@H](C)CN(C(=O)C(C)(C)C)C[C@@H]2C)cc1NC(=O)c1ccccc1. The van der Waals surface area contributed by atoms with Gasteiger partial charge in [0.15, 0.2) is 0 Å². The first-order chi connectivity index (χ1) is 15.0. The zero-order valence-electron chi connectivity index (χ0n) is 19.8. The molecule has 0 spiro atoms. The average molecular weight is 436 g/mol. The van der Waals surface area contributed by atoms with Crippen molar-refractivity contribution < 1.29 is 14.4 Å². The van der Waals surface area contributed by atoms with Crippen molar-refractivity contribution in [2.24, 2.45) is 5.41 Å². The van der Waals surface area contributed by atoms with Crippen LogP contribution in [0.25, 0.3) is 0 Å². The number of hydrogen-bond donors (Lipinski definition) is 1. The van der Waals surface area contributed by atoms with E-state index in [2.05, 4.69) is 5.32 Å². The predicted octanol–water partition coefficient (Wildman–Crippen LogP) is 4.35. The maximum absolute atomic E-state index is 13.4. The standard InChI is InChI=1S/C26H33N3O3/c1-17-12-13-21(14-22(17)27-23(30)20-10-8-7-9-11-20)24(31)29-18(2)15-28(16-19(29)3)25(32)26(4,5)6/h7-14,18-19H,15-16H2,1-6H3,(H,27,30)/t18-,19+. The first-order valence-electron chi connectivity index (χ1n) is 11.1. The van der Waals surface area contributed by atoms with Gasteiger partial charge in [-0.1, -0.05) is 45.0 Å². The first-order valence-corrected chi connectivity index (χ1v) is 11.1. The summed E-state index contributed by atoms with van der Waals surface area (Å²) in [5.41, 5.74) is 2.13. The van der Waals surface area contributed by atoms with Crippen molar-refractivity contribution in [3.8, 4) is 0 Å². The van der Waals surface area contributed by atoms with Gasteiger partial charge in [0.2, 0.25) is 5.91 Å². The van der Waals surface area contributed by atoms with Crippen LogP contribution in [0.2, 0.25) is 0 Å². The molecule has 1 N–H and O–H groups in total. The zero-order valence-corrected chi connectivity index (χ0v) is 19.8. The van der Waals surface area contributed by atoms with Gasteiger partial charge in [0.1, 0.15) is 0 Å². The third-order valence-corrected chi connectivity index (χ3v) is 5.85. The Morgan fingerprint density at radius 3 is 2.06 bits per heavy atom. The van der Waals surface area contributed by atoms with Crippen molar-refractivity contribution in [1.82, 2.24) is 9.80 Å². The normalized spacial score (nSPS) is 18.9. The summed E-state index contributed by atoms with van der Waals surface area (Å²) in [5.74, 6) is -0.207. The molecule has 2 aromatic carbocycles. The number of aryl methyl sites for hydroxylation is 1. The quantitative estimate of drug-likeness (QED) is 0.779. The van der Waals surface area contributed by atoms with Gasteiger partial charge in [-0.3, -0.25) is 14.4 Å². The minimum Gasteiger partial charge on any atom is -0.338 e. The number of anilines is 1. The van der Waals surface area contributed by atoms with E-state index in [0.717, 1.165) is 5.56 Å². The molecule has 1 aliphatic heterocycles. The molecular weight excluding hydrogens is 402 g/mol.